The summed E-state index contributed by atoms with van der Waals surface area (Å²) in [5.74, 6) is 0.318. The number of alkyl halides is 3. The topological polar surface area (TPSA) is 61.8 Å². The Morgan fingerprint density at radius 2 is 1.59 bits per heavy atom. The quantitative estimate of drug-likeness (QED) is 0.469. The third kappa shape index (κ3) is 3.74. The van der Waals surface area contributed by atoms with Gasteiger partial charge in [-0.2, -0.15) is 13.2 Å². The number of imidazole rings is 1. The van der Waals surface area contributed by atoms with Crippen molar-refractivity contribution in [3.63, 3.8) is 0 Å². The highest BCUT2D eigenvalue weighted by atomic mass is 19.4. The minimum absolute atomic E-state index is 0.193. The zero-order valence-corrected chi connectivity index (χ0v) is 17.6. The Kier molecular flexibility index (Phi) is 5.50. The Bertz CT molecular complexity index is 1380. The van der Waals surface area contributed by atoms with Crippen molar-refractivity contribution < 1.29 is 13.2 Å². The van der Waals surface area contributed by atoms with Gasteiger partial charge < -0.3 is 4.57 Å². The van der Waals surface area contributed by atoms with Gasteiger partial charge in [0, 0.05) is 25.7 Å². The first-order chi connectivity index (χ1) is 15.2. The summed E-state index contributed by atoms with van der Waals surface area (Å²) < 4.78 is 43.2. The van der Waals surface area contributed by atoms with Gasteiger partial charge in [0.05, 0.1) is 5.56 Å². The molecular formula is C23H21F3N4O2. The summed E-state index contributed by atoms with van der Waals surface area (Å²) in [7, 11) is 1.53. The summed E-state index contributed by atoms with van der Waals surface area (Å²) in [4.78, 5) is 30.5. The van der Waals surface area contributed by atoms with Crippen LogP contribution in [-0.2, 0) is 26.3 Å². The van der Waals surface area contributed by atoms with E-state index in [4.69, 9.17) is 0 Å². The first kappa shape index (κ1) is 21.6. The molecule has 0 atom stereocenters. The zero-order chi connectivity index (χ0) is 23.0. The number of hydrogen-bond donors (Lipinski definition) is 0. The fourth-order valence-corrected chi connectivity index (χ4v) is 3.74. The van der Waals surface area contributed by atoms with Crippen LogP contribution in [0.1, 0.15) is 24.5 Å². The van der Waals surface area contributed by atoms with Crippen LogP contribution in [0.15, 0.2) is 64.2 Å². The number of benzene rings is 2. The van der Waals surface area contributed by atoms with Crippen molar-refractivity contribution in [1.29, 1.82) is 0 Å². The van der Waals surface area contributed by atoms with Crippen LogP contribution in [0, 0.1) is 0 Å². The van der Waals surface area contributed by atoms with Crippen molar-refractivity contribution in [2.45, 2.75) is 32.6 Å². The molecular weight excluding hydrogens is 421 g/mol. The first-order valence-electron chi connectivity index (χ1n) is 10.1. The number of nitrogens with zero attached hydrogens (tertiary/aromatic N) is 4. The summed E-state index contributed by atoms with van der Waals surface area (Å²) in [6.07, 6.45) is -3.86. The molecule has 166 valence electrons. The number of aromatic nitrogens is 4. The van der Waals surface area contributed by atoms with E-state index in [1.54, 1.807) is 4.57 Å². The molecule has 6 nitrogen and oxygen atoms in total. The lowest BCUT2D eigenvalue weighted by Crippen LogP contribution is -2.39. The molecule has 0 bridgehead atoms. The SMILES string of the molecule is CCCn1c(=O)c2c(nc(-c3ccc(C(F)(F)F)cc3)n2Cc2ccccc2)n(C)c1=O. The van der Waals surface area contributed by atoms with Crippen LogP contribution in [0.25, 0.3) is 22.6 Å². The van der Waals surface area contributed by atoms with E-state index in [0.29, 0.717) is 17.8 Å². The minimum atomic E-state index is -4.46. The maximum atomic E-state index is 13.3. The number of aryl methyl sites for hydroxylation is 1. The summed E-state index contributed by atoms with van der Waals surface area (Å²) in [5.41, 5.74) is 0.00987. The van der Waals surface area contributed by atoms with Gasteiger partial charge in [-0.3, -0.25) is 13.9 Å². The fourth-order valence-electron chi connectivity index (χ4n) is 3.74. The van der Waals surface area contributed by atoms with Gasteiger partial charge in [0.25, 0.3) is 5.56 Å². The van der Waals surface area contributed by atoms with Crippen LogP contribution in [-0.4, -0.2) is 18.7 Å². The molecule has 4 rings (SSSR count). The van der Waals surface area contributed by atoms with E-state index >= 15 is 0 Å². The molecule has 0 unspecified atom stereocenters. The predicted octanol–water partition coefficient (Wildman–Crippen LogP) is 4.04. The van der Waals surface area contributed by atoms with Gasteiger partial charge >= 0.3 is 11.9 Å². The van der Waals surface area contributed by atoms with Gasteiger partial charge in [-0.25, -0.2) is 9.78 Å². The fraction of sp³-hybridized carbons (Fsp3) is 0.261. The molecule has 0 radical (unpaired) electrons. The molecule has 0 saturated heterocycles. The second-order valence-electron chi connectivity index (χ2n) is 7.55. The number of rotatable bonds is 5. The van der Waals surface area contributed by atoms with Crippen molar-refractivity contribution in [1.82, 2.24) is 18.7 Å². The molecule has 2 heterocycles. The van der Waals surface area contributed by atoms with Crippen LogP contribution >= 0.6 is 0 Å². The third-order valence-electron chi connectivity index (χ3n) is 5.33. The van der Waals surface area contributed by atoms with Gasteiger partial charge in [-0.05, 0) is 24.1 Å². The van der Waals surface area contributed by atoms with E-state index < -0.39 is 23.0 Å². The Morgan fingerprint density at radius 1 is 0.938 bits per heavy atom. The van der Waals surface area contributed by atoms with Crippen LogP contribution < -0.4 is 11.2 Å². The van der Waals surface area contributed by atoms with Crippen molar-refractivity contribution in [3.05, 3.63) is 86.6 Å². The van der Waals surface area contributed by atoms with Gasteiger partial charge in [0.1, 0.15) is 5.82 Å². The molecule has 0 N–H and O–H groups in total. The standard InChI is InChI=1S/C23H21F3N4O2/c1-3-13-29-21(31)18-20(28(2)22(29)32)27-19(30(18)14-15-7-5-4-6-8-15)16-9-11-17(12-10-16)23(24,25)26/h4-12H,3,13-14H2,1-2H3. The molecule has 0 fully saturated rings. The molecule has 0 aliphatic carbocycles. The number of hydrogen-bond acceptors (Lipinski definition) is 3. The Hall–Kier alpha value is -3.62. The average molecular weight is 442 g/mol. The van der Waals surface area contributed by atoms with Crippen LogP contribution in [0.5, 0.6) is 0 Å². The molecule has 2 aromatic heterocycles. The molecule has 0 aliphatic rings. The summed E-state index contributed by atoms with van der Waals surface area (Å²) in [5, 5.41) is 0. The largest absolute Gasteiger partial charge is 0.416 e. The predicted molar refractivity (Wildman–Crippen MR) is 116 cm³/mol. The van der Waals surface area contributed by atoms with Crippen LogP contribution in [0.4, 0.5) is 13.2 Å². The maximum absolute atomic E-state index is 13.3. The lowest BCUT2D eigenvalue weighted by Gasteiger charge is -2.12. The normalized spacial score (nSPS) is 11.9. The van der Waals surface area contributed by atoms with E-state index in [1.165, 1.54) is 28.3 Å². The lowest BCUT2D eigenvalue weighted by atomic mass is 10.1. The molecule has 0 aliphatic heterocycles. The Morgan fingerprint density at radius 3 is 2.19 bits per heavy atom. The molecule has 32 heavy (non-hydrogen) atoms. The molecule has 9 heteroatoms. The minimum Gasteiger partial charge on any atom is -0.314 e. The van der Waals surface area contributed by atoms with Crippen LogP contribution in [0.2, 0.25) is 0 Å². The van der Waals surface area contributed by atoms with E-state index in [2.05, 4.69) is 4.98 Å². The Labute approximate surface area is 181 Å². The zero-order valence-electron chi connectivity index (χ0n) is 17.6. The monoisotopic (exact) mass is 442 g/mol. The highest BCUT2D eigenvalue weighted by molar-refractivity contribution is 5.77. The van der Waals surface area contributed by atoms with Crippen molar-refractivity contribution >= 4 is 11.2 Å². The lowest BCUT2D eigenvalue weighted by molar-refractivity contribution is -0.137. The van der Waals surface area contributed by atoms with Crippen molar-refractivity contribution in [2.24, 2.45) is 7.05 Å². The van der Waals surface area contributed by atoms with E-state index in [-0.39, 0.29) is 24.3 Å². The van der Waals surface area contributed by atoms with Crippen molar-refractivity contribution in [2.75, 3.05) is 0 Å². The van der Waals surface area contributed by atoms with E-state index in [0.717, 1.165) is 17.7 Å². The summed E-state index contributed by atoms with van der Waals surface area (Å²) >= 11 is 0. The molecule has 0 amide bonds. The van der Waals surface area contributed by atoms with Gasteiger partial charge in [-0.15, -0.1) is 0 Å². The molecule has 4 aromatic rings. The number of fused-ring (bicyclic) bond motifs is 1. The number of halogens is 3. The molecule has 0 saturated carbocycles. The Balaban J connectivity index is 2.01. The smallest absolute Gasteiger partial charge is 0.314 e. The van der Waals surface area contributed by atoms with Crippen LogP contribution in [0.3, 0.4) is 0 Å². The van der Waals surface area contributed by atoms with Crippen molar-refractivity contribution in [3.8, 4) is 11.4 Å². The second-order valence-corrected chi connectivity index (χ2v) is 7.55. The summed E-state index contributed by atoms with van der Waals surface area (Å²) in [6.45, 7) is 2.39. The average Bonchev–Trinajstić information content (AvgIpc) is 3.15. The molecule has 2 aromatic carbocycles. The van der Waals surface area contributed by atoms with Gasteiger partial charge in [0.15, 0.2) is 11.2 Å². The highest BCUT2D eigenvalue weighted by Crippen LogP contribution is 2.31. The first-order valence-corrected chi connectivity index (χ1v) is 10.1. The maximum Gasteiger partial charge on any atom is 0.416 e. The van der Waals surface area contributed by atoms with E-state index in [9.17, 15) is 22.8 Å². The third-order valence-corrected chi connectivity index (χ3v) is 5.33. The molecule has 0 spiro atoms. The van der Waals surface area contributed by atoms with E-state index in [1.807, 2.05) is 37.3 Å². The second kappa shape index (κ2) is 8.14. The highest BCUT2D eigenvalue weighted by Gasteiger charge is 2.30. The van der Waals surface area contributed by atoms with Gasteiger partial charge in [-0.1, -0.05) is 49.4 Å². The summed E-state index contributed by atoms with van der Waals surface area (Å²) in [6, 6.07) is 14.0. The van der Waals surface area contributed by atoms with Gasteiger partial charge in [0.2, 0.25) is 0 Å².